The van der Waals surface area contributed by atoms with Crippen molar-refractivity contribution in [1.29, 1.82) is 5.26 Å². The largest absolute Gasteiger partial charge is 0.287 e. The van der Waals surface area contributed by atoms with E-state index >= 15 is 0 Å². The fraction of sp³-hybridized carbons (Fsp3) is 0.0833. The van der Waals surface area contributed by atoms with Crippen LogP contribution in [0.25, 0.3) is 5.69 Å². The summed E-state index contributed by atoms with van der Waals surface area (Å²) in [4.78, 5) is 11.4. The van der Waals surface area contributed by atoms with E-state index in [0.717, 1.165) is 0 Å². The lowest BCUT2D eigenvalue weighted by Crippen LogP contribution is -2.17. The fourth-order valence-electron chi connectivity index (χ4n) is 1.52. The van der Waals surface area contributed by atoms with Gasteiger partial charge in [0.1, 0.15) is 6.07 Å². The van der Waals surface area contributed by atoms with Crippen LogP contribution in [0.4, 0.5) is 0 Å². The molecule has 2 rings (SSSR count). The molecule has 0 amide bonds. The second kappa shape index (κ2) is 4.81. The van der Waals surface area contributed by atoms with Crippen LogP contribution >= 0.6 is 23.2 Å². The molecule has 0 aliphatic carbocycles. The van der Waals surface area contributed by atoms with Crippen LogP contribution in [0, 0.1) is 18.3 Å². The summed E-state index contributed by atoms with van der Waals surface area (Å²) in [6.07, 6.45) is 0. The van der Waals surface area contributed by atoms with E-state index in [1.165, 1.54) is 10.7 Å². The predicted molar refractivity (Wildman–Crippen MR) is 69.3 cm³/mol. The van der Waals surface area contributed by atoms with E-state index in [1.54, 1.807) is 31.2 Å². The van der Waals surface area contributed by atoms with E-state index in [4.69, 9.17) is 28.5 Å². The van der Waals surface area contributed by atoms with Crippen molar-refractivity contribution < 1.29 is 0 Å². The van der Waals surface area contributed by atoms with Crippen molar-refractivity contribution in [2.45, 2.75) is 6.92 Å². The van der Waals surface area contributed by atoms with E-state index in [9.17, 15) is 4.79 Å². The molecule has 90 valence electrons. The first-order chi connectivity index (χ1) is 8.52. The Morgan fingerprint density at radius 1 is 1.33 bits per heavy atom. The molecule has 0 spiro atoms. The highest BCUT2D eigenvalue weighted by atomic mass is 35.5. The molecular formula is C12H7Cl2N3O. The van der Waals surface area contributed by atoms with Gasteiger partial charge in [0.25, 0.3) is 0 Å². The quantitative estimate of drug-likeness (QED) is 0.807. The van der Waals surface area contributed by atoms with Gasteiger partial charge in [-0.2, -0.15) is 10.4 Å². The summed E-state index contributed by atoms with van der Waals surface area (Å²) in [6.45, 7) is 1.71. The van der Waals surface area contributed by atoms with Gasteiger partial charge in [-0.15, -0.1) is 0 Å². The zero-order valence-corrected chi connectivity index (χ0v) is 10.8. The average Bonchev–Trinajstić information content (AvgIpc) is 2.30. The smallest absolute Gasteiger partial charge is 0.218 e. The maximum Gasteiger partial charge on any atom is 0.218 e. The molecular weight excluding hydrogens is 273 g/mol. The van der Waals surface area contributed by atoms with Crippen molar-refractivity contribution in [2.75, 3.05) is 0 Å². The van der Waals surface area contributed by atoms with Crippen LogP contribution in [-0.2, 0) is 0 Å². The topological polar surface area (TPSA) is 58.7 Å². The lowest BCUT2D eigenvalue weighted by atomic mass is 10.3. The SMILES string of the molecule is Cc1cc(=O)c(C#N)nn1-c1ccc(Cl)cc1Cl. The minimum absolute atomic E-state index is 0.174. The lowest BCUT2D eigenvalue weighted by molar-refractivity contribution is 0.790. The molecule has 0 unspecified atom stereocenters. The number of nitriles is 1. The normalized spacial score (nSPS) is 10.1. The van der Waals surface area contributed by atoms with Gasteiger partial charge in [-0.1, -0.05) is 23.2 Å². The molecule has 0 N–H and O–H groups in total. The number of halogens is 2. The summed E-state index contributed by atoms with van der Waals surface area (Å²) in [5.41, 5.74) is 0.571. The van der Waals surface area contributed by atoms with Gasteiger partial charge in [0, 0.05) is 16.8 Å². The van der Waals surface area contributed by atoms with Crippen molar-refractivity contribution in [3.8, 4) is 11.8 Å². The van der Waals surface area contributed by atoms with Crippen LogP contribution in [0.5, 0.6) is 0 Å². The Morgan fingerprint density at radius 3 is 2.67 bits per heavy atom. The van der Waals surface area contributed by atoms with Crippen molar-refractivity contribution in [3.63, 3.8) is 0 Å². The van der Waals surface area contributed by atoms with Crippen molar-refractivity contribution in [1.82, 2.24) is 9.78 Å². The van der Waals surface area contributed by atoms with Crippen LogP contribution < -0.4 is 5.43 Å². The third-order valence-corrected chi connectivity index (χ3v) is 2.89. The third-order valence-electron chi connectivity index (χ3n) is 2.35. The first-order valence-electron chi connectivity index (χ1n) is 4.99. The van der Waals surface area contributed by atoms with Crippen LogP contribution in [0.15, 0.2) is 29.1 Å². The van der Waals surface area contributed by atoms with E-state index in [0.29, 0.717) is 21.4 Å². The number of aromatic nitrogens is 2. The van der Waals surface area contributed by atoms with Gasteiger partial charge in [0.2, 0.25) is 11.1 Å². The summed E-state index contributed by atoms with van der Waals surface area (Å²) < 4.78 is 1.44. The minimum Gasteiger partial charge on any atom is -0.287 e. The Morgan fingerprint density at radius 2 is 2.06 bits per heavy atom. The third kappa shape index (κ3) is 2.23. The molecule has 0 aliphatic heterocycles. The van der Waals surface area contributed by atoms with E-state index in [2.05, 4.69) is 5.10 Å². The molecule has 0 bridgehead atoms. The molecule has 0 fully saturated rings. The highest BCUT2D eigenvalue weighted by molar-refractivity contribution is 6.35. The van der Waals surface area contributed by atoms with Gasteiger partial charge in [0.05, 0.1) is 10.7 Å². The first kappa shape index (κ1) is 12.6. The second-order valence-corrected chi connectivity index (χ2v) is 4.46. The number of hydrogen-bond acceptors (Lipinski definition) is 3. The molecule has 0 aliphatic rings. The summed E-state index contributed by atoms with van der Waals surface area (Å²) in [5.74, 6) is 0. The minimum atomic E-state index is -0.406. The molecule has 0 radical (unpaired) electrons. The van der Waals surface area contributed by atoms with E-state index < -0.39 is 5.43 Å². The lowest BCUT2D eigenvalue weighted by Gasteiger charge is -2.11. The first-order valence-corrected chi connectivity index (χ1v) is 5.75. The summed E-state index contributed by atoms with van der Waals surface area (Å²) in [6, 6.07) is 8.00. The van der Waals surface area contributed by atoms with Crippen LogP contribution in [0.2, 0.25) is 10.0 Å². The maximum atomic E-state index is 11.4. The number of benzene rings is 1. The Hall–Kier alpha value is -1.83. The molecule has 1 aromatic carbocycles. The Kier molecular flexibility index (Phi) is 3.37. The zero-order chi connectivity index (χ0) is 13.3. The van der Waals surface area contributed by atoms with Crippen LogP contribution in [0.3, 0.4) is 0 Å². The summed E-state index contributed by atoms with van der Waals surface area (Å²) in [5, 5.41) is 13.7. The Balaban J connectivity index is 2.72. The highest BCUT2D eigenvalue weighted by Crippen LogP contribution is 2.24. The summed E-state index contributed by atoms with van der Waals surface area (Å²) >= 11 is 11.9. The number of hydrogen-bond donors (Lipinski definition) is 0. The van der Waals surface area contributed by atoms with Gasteiger partial charge in [0.15, 0.2) is 0 Å². The highest BCUT2D eigenvalue weighted by Gasteiger charge is 2.10. The van der Waals surface area contributed by atoms with E-state index in [-0.39, 0.29) is 5.69 Å². The molecule has 4 nitrogen and oxygen atoms in total. The van der Waals surface area contributed by atoms with Crippen molar-refractivity contribution in [2.24, 2.45) is 0 Å². The van der Waals surface area contributed by atoms with Crippen LogP contribution in [0.1, 0.15) is 11.4 Å². The maximum absolute atomic E-state index is 11.4. The van der Waals surface area contributed by atoms with Gasteiger partial charge in [-0.05, 0) is 25.1 Å². The molecule has 0 saturated heterocycles. The Labute approximate surface area is 113 Å². The monoisotopic (exact) mass is 279 g/mol. The Bertz CT molecular complexity index is 716. The number of rotatable bonds is 1. The van der Waals surface area contributed by atoms with E-state index in [1.807, 2.05) is 0 Å². The molecule has 1 aromatic heterocycles. The van der Waals surface area contributed by atoms with Crippen LogP contribution in [-0.4, -0.2) is 9.78 Å². The molecule has 18 heavy (non-hydrogen) atoms. The van der Waals surface area contributed by atoms with Crippen molar-refractivity contribution >= 4 is 23.2 Å². The fourth-order valence-corrected chi connectivity index (χ4v) is 2.01. The molecule has 2 aromatic rings. The molecule has 6 heteroatoms. The predicted octanol–water partition coefficient (Wildman–Crippen LogP) is 2.72. The summed E-state index contributed by atoms with van der Waals surface area (Å²) in [7, 11) is 0. The molecule has 0 atom stereocenters. The molecule has 1 heterocycles. The van der Waals surface area contributed by atoms with Gasteiger partial charge < -0.3 is 0 Å². The molecule has 0 saturated carbocycles. The van der Waals surface area contributed by atoms with Gasteiger partial charge in [-0.25, -0.2) is 4.68 Å². The zero-order valence-electron chi connectivity index (χ0n) is 9.32. The average molecular weight is 280 g/mol. The van der Waals surface area contributed by atoms with Crippen molar-refractivity contribution in [3.05, 3.63) is 55.9 Å². The standard InChI is InChI=1S/C12H7Cl2N3O/c1-7-4-12(18)10(6-15)16-17(7)11-3-2-8(13)5-9(11)14/h2-5H,1H3. The second-order valence-electron chi connectivity index (χ2n) is 3.62. The van der Waals surface area contributed by atoms with Gasteiger partial charge in [-0.3, -0.25) is 4.79 Å². The number of nitrogens with zero attached hydrogens (tertiary/aromatic N) is 3. The van der Waals surface area contributed by atoms with Gasteiger partial charge >= 0.3 is 0 Å². The number of aryl methyl sites for hydroxylation is 1.